The maximum Gasteiger partial charge on any atom is 0.347 e. The number of aromatic nitrogens is 3. The van der Waals surface area contributed by atoms with E-state index in [0.717, 1.165) is 0 Å². The molecule has 2 aromatic carbocycles. The number of nitrogens with zero attached hydrogens (tertiary/aromatic N) is 3. The Morgan fingerprint density at radius 3 is 2.20 bits per heavy atom. The number of allylic oxidation sites excluding steroid dienone is 4. The lowest BCUT2D eigenvalue weighted by Crippen LogP contribution is -2.71. The summed E-state index contributed by atoms with van der Waals surface area (Å²) >= 11 is 0. The molecule has 4 aliphatic rings. The van der Waals surface area contributed by atoms with Crippen molar-refractivity contribution in [1.29, 1.82) is 0 Å². The quantitative estimate of drug-likeness (QED) is 0.624. The summed E-state index contributed by atoms with van der Waals surface area (Å²) < 4.78 is 4.62. The lowest BCUT2D eigenvalue weighted by Gasteiger charge is -2.67. The molecule has 0 saturated heterocycles. The Kier molecular flexibility index (Phi) is 3.16. The molecule has 7 rings (SSSR count). The fraction of sp³-hybridized carbons (Fsp3) is 0.280. The minimum absolute atomic E-state index is 0.115. The van der Waals surface area contributed by atoms with Crippen molar-refractivity contribution in [1.82, 2.24) is 13.9 Å². The van der Waals surface area contributed by atoms with Crippen LogP contribution >= 0.6 is 0 Å². The van der Waals surface area contributed by atoms with Gasteiger partial charge in [0.1, 0.15) is 0 Å². The Morgan fingerprint density at radius 1 is 0.900 bits per heavy atom. The predicted molar refractivity (Wildman–Crippen MR) is 116 cm³/mol. The standard InChI is InChI=1S/C25H23N3O2/c1-16-20(17-10-6-4-7-11-17)25(18-12-8-5-9-13-18)21(16)19-14-15-24(25,2)28-23(30)26(3)22(29)27(19)28/h4-15,19,21H,1-3H3/t19-,21-,24-,25+/m1/s1. The summed E-state index contributed by atoms with van der Waals surface area (Å²) in [5.41, 5.74) is 3.30. The fourth-order valence-electron chi connectivity index (χ4n) is 6.55. The average molecular weight is 397 g/mol. The van der Waals surface area contributed by atoms with Crippen LogP contribution in [0.25, 0.3) is 5.57 Å². The van der Waals surface area contributed by atoms with Crippen LogP contribution in [0.1, 0.15) is 31.0 Å². The molecule has 0 spiro atoms. The van der Waals surface area contributed by atoms with E-state index in [0.29, 0.717) is 0 Å². The van der Waals surface area contributed by atoms with E-state index in [-0.39, 0.29) is 23.3 Å². The zero-order valence-electron chi connectivity index (χ0n) is 17.2. The Hall–Kier alpha value is -3.34. The molecule has 0 unspecified atom stereocenters. The molecule has 0 saturated carbocycles. The second-order valence-electron chi connectivity index (χ2n) is 8.85. The SMILES string of the molecule is CC1=C(c2ccccc2)[C@@]2(c3ccccc3)[C@H]1[C@H]1C=C[C@@]2(C)n2c(=O)n(C)c(=O)n21. The van der Waals surface area contributed by atoms with E-state index in [9.17, 15) is 9.59 Å². The molecule has 0 amide bonds. The second-order valence-corrected chi connectivity index (χ2v) is 8.85. The molecular formula is C25H23N3O2. The normalized spacial score (nSPS) is 30.8. The average Bonchev–Trinajstić information content (AvgIpc) is 3.00. The van der Waals surface area contributed by atoms with Crippen LogP contribution in [-0.4, -0.2) is 13.9 Å². The van der Waals surface area contributed by atoms with E-state index >= 15 is 0 Å². The summed E-state index contributed by atoms with van der Waals surface area (Å²) in [4.78, 5) is 26.3. The second kappa shape index (κ2) is 5.42. The van der Waals surface area contributed by atoms with Gasteiger partial charge in [-0.1, -0.05) is 78.4 Å². The van der Waals surface area contributed by atoms with Crippen molar-refractivity contribution in [3.63, 3.8) is 0 Å². The van der Waals surface area contributed by atoms with Gasteiger partial charge >= 0.3 is 11.4 Å². The Labute approximate surface area is 174 Å². The first-order valence-electron chi connectivity index (χ1n) is 10.4. The molecular weight excluding hydrogens is 374 g/mol. The summed E-state index contributed by atoms with van der Waals surface area (Å²) in [5, 5.41) is 0. The van der Waals surface area contributed by atoms with E-state index in [2.05, 4.69) is 74.5 Å². The lowest BCUT2D eigenvalue weighted by atomic mass is 9.41. The van der Waals surface area contributed by atoms with Crippen LogP contribution in [0.4, 0.5) is 0 Å². The fourth-order valence-corrected chi connectivity index (χ4v) is 6.55. The van der Waals surface area contributed by atoms with Gasteiger partial charge in [-0.15, -0.1) is 0 Å². The predicted octanol–water partition coefficient (Wildman–Crippen LogP) is 3.23. The van der Waals surface area contributed by atoms with Crippen LogP contribution in [0, 0.1) is 5.92 Å². The Balaban J connectivity index is 1.77. The molecule has 1 aromatic heterocycles. The zero-order chi connectivity index (χ0) is 20.8. The number of benzene rings is 2. The largest absolute Gasteiger partial charge is 0.347 e. The van der Waals surface area contributed by atoms with E-state index in [1.165, 1.54) is 26.8 Å². The molecule has 4 atom stereocenters. The maximum atomic E-state index is 13.3. The molecule has 0 radical (unpaired) electrons. The van der Waals surface area contributed by atoms with Crippen LogP contribution in [0.5, 0.6) is 0 Å². The van der Waals surface area contributed by atoms with Gasteiger partial charge in [-0.3, -0.25) is 0 Å². The number of rotatable bonds is 2. The van der Waals surface area contributed by atoms with Gasteiger partial charge in [-0.05, 0) is 30.5 Å². The zero-order valence-corrected chi connectivity index (χ0v) is 17.2. The highest BCUT2D eigenvalue weighted by molar-refractivity contribution is 5.88. The summed E-state index contributed by atoms with van der Waals surface area (Å²) in [7, 11) is 1.57. The van der Waals surface area contributed by atoms with E-state index in [1.807, 2.05) is 12.1 Å². The number of hydrogen-bond donors (Lipinski definition) is 0. The molecule has 2 aliphatic heterocycles. The summed E-state index contributed by atoms with van der Waals surface area (Å²) in [6.07, 6.45) is 4.27. The first kappa shape index (κ1) is 17.5. The highest BCUT2D eigenvalue weighted by atomic mass is 16.2. The van der Waals surface area contributed by atoms with Gasteiger partial charge < -0.3 is 0 Å². The van der Waals surface area contributed by atoms with Crippen molar-refractivity contribution < 1.29 is 0 Å². The smallest absolute Gasteiger partial charge is 0.246 e. The molecule has 2 bridgehead atoms. The van der Waals surface area contributed by atoms with Crippen LogP contribution in [0.3, 0.4) is 0 Å². The van der Waals surface area contributed by atoms with E-state index < -0.39 is 11.0 Å². The first-order chi connectivity index (χ1) is 14.4. The Bertz CT molecular complexity index is 1370. The van der Waals surface area contributed by atoms with Gasteiger partial charge in [0.05, 0.1) is 17.0 Å². The minimum atomic E-state index is -0.698. The van der Waals surface area contributed by atoms with Gasteiger partial charge in [-0.25, -0.2) is 23.5 Å². The van der Waals surface area contributed by atoms with Crippen molar-refractivity contribution >= 4 is 5.57 Å². The van der Waals surface area contributed by atoms with Crippen molar-refractivity contribution in [2.45, 2.75) is 30.8 Å². The van der Waals surface area contributed by atoms with Crippen LogP contribution in [0.15, 0.2) is 88.0 Å². The molecule has 30 heavy (non-hydrogen) atoms. The van der Waals surface area contributed by atoms with Crippen molar-refractivity contribution in [2.24, 2.45) is 13.0 Å². The van der Waals surface area contributed by atoms with Gasteiger partial charge in [0.25, 0.3) is 0 Å². The van der Waals surface area contributed by atoms with Crippen molar-refractivity contribution in [3.8, 4) is 0 Å². The summed E-state index contributed by atoms with van der Waals surface area (Å²) in [6, 6.07) is 20.7. The first-order valence-corrected chi connectivity index (χ1v) is 10.4. The van der Waals surface area contributed by atoms with Crippen LogP contribution in [-0.2, 0) is 18.0 Å². The minimum Gasteiger partial charge on any atom is -0.246 e. The monoisotopic (exact) mass is 397 g/mol. The topological polar surface area (TPSA) is 48.9 Å². The Morgan fingerprint density at radius 2 is 1.53 bits per heavy atom. The summed E-state index contributed by atoms with van der Waals surface area (Å²) in [6.45, 7) is 4.29. The molecule has 150 valence electrons. The maximum absolute atomic E-state index is 13.3. The molecule has 3 heterocycles. The van der Waals surface area contributed by atoms with Crippen molar-refractivity contribution in [2.75, 3.05) is 0 Å². The van der Waals surface area contributed by atoms with Crippen LogP contribution in [0.2, 0.25) is 0 Å². The highest BCUT2D eigenvalue weighted by Gasteiger charge is 2.70. The molecule has 0 fully saturated rings. The third-order valence-electron chi connectivity index (χ3n) is 7.66. The van der Waals surface area contributed by atoms with Crippen LogP contribution < -0.4 is 11.4 Å². The summed E-state index contributed by atoms with van der Waals surface area (Å²) in [5.74, 6) is 0.115. The molecule has 2 aliphatic carbocycles. The van der Waals surface area contributed by atoms with E-state index in [4.69, 9.17) is 0 Å². The van der Waals surface area contributed by atoms with Gasteiger partial charge in [0, 0.05) is 13.0 Å². The van der Waals surface area contributed by atoms with Gasteiger partial charge in [0.15, 0.2) is 0 Å². The lowest BCUT2D eigenvalue weighted by molar-refractivity contribution is 0.0344. The van der Waals surface area contributed by atoms with Crippen molar-refractivity contribution in [3.05, 3.63) is 110 Å². The highest BCUT2D eigenvalue weighted by Crippen LogP contribution is 2.71. The molecule has 0 N–H and O–H groups in total. The third kappa shape index (κ3) is 1.64. The van der Waals surface area contributed by atoms with Gasteiger partial charge in [-0.2, -0.15) is 0 Å². The van der Waals surface area contributed by atoms with E-state index in [1.54, 1.807) is 16.4 Å². The molecule has 3 aromatic rings. The molecule has 5 heteroatoms. The number of hydrogen-bond acceptors (Lipinski definition) is 2. The third-order valence-corrected chi connectivity index (χ3v) is 7.66. The van der Waals surface area contributed by atoms with Gasteiger partial charge in [0.2, 0.25) is 0 Å². The molecule has 5 nitrogen and oxygen atoms in total.